The van der Waals surface area contributed by atoms with Crippen LogP contribution >= 0.6 is 0 Å². The minimum atomic E-state index is -3.17. The summed E-state index contributed by atoms with van der Waals surface area (Å²) in [6.07, 6.45) is 4.05. The maximum Gasteiger partial charge on any atom is 0.175 e. The Morgan fingerprint density at radius 3 is 2.25 bits per heavy atom. The second kappa shape index (κ2) is 4.01. The van der Waals surface area contributed by atoms with E-state index in [0.29, 0.717) is 17.9 Å². The number of carbonyl (C=O) groups is 1. The van der Waals surface area contributed by atoms with E-state index in [0.717, 1.165) is 19.1 Å². The summed E-state index contributed by atoms with van der Waals surface area (Å²) < 4.78 is 22.4. The first-order chi connectivity index (χ1) is 7.47. The van der Waals surface area contributed by atoms with Gasteiger partial charge in [0.2, 0.25) is 0 Å². The predicted octanol–water partition coefficient (Wildman–Crippen LogP) is 2.07. The molecule has 0 aliphatic heterocycles. The van der Waals surface area contributed by atoms with Gasteiger partial charge in [0, 0.05) is 18.2 Å². The van der Waals surface area contributed by atoms with Crippen LogP contribution in [-0.2, 0) is 9.84 Å². The molecule has 0 N–H and O–H groups in total. The zero-order chi connectivity index (χ0) is 11.8. The third-order valence-electron chi connectivity index (χ3n) is 2.78. The zero-order valence-corrected chi connectivity index (χ0v) is 9.96. The topological polar surface area (TPSA) is 51.2 Å². The molecule has 86 valence electrons. The Bertz CT molecular complexity index is 496. The average molecular weight is 238 g/mol. The van der Waals surface area contributed by atoms with Crippen molar-refractivity contribution in [2.24, 2.45) is 5.92 Å². The summed E-state index contributed by atoms with van der Waals surface area (Å²) in [5.41, 5.74) is 0.610. The molecule has 16 heavy (non-hydrogen) atoms. The molecule has 1 aliphatic rings. The molecular formula is C12H14O3S. The van der Waals surface area contributed by atoms with Crippen LogP contribution in [0.15, 0.2) is 29.2 Å². The highest BCUT2D eigenvalue weighted by molar-refractivity contribution is 7.90. The third kappa shape index (κ3) is 2.70. The Hall–Kier alpha value is -1.16. The molecule has 1 saturated carbocycles. The Morgan fingerprint density at radius 2 is 1.81 bits per heavy atom. The molecule has 2 rings (SSSR count). The normalized spacial score (nSPS) is 16.1. The van der Waals surface area contributed by atoms with E-state index in [1.807, 2.05) is 0 Å². The molecule has 4 heteroatoms. The minimum absolute atomic E-state index is 0.113. The van der Waals surface area contributed by atoms with Crippen LogP contribution in [0.3, 0.4) is 0 Å². The number of Topliss-reactive ketones (excluding diaryl/α,β-unsaturated/α-hetero) is 1. The smallest absolute Gasteiger partial charge is 0.175 e. The van der Waals surface area contributed by atoms with Gasteiger partial charge in [-0.2, -0.15) is 0 Å². The molecule has 0 radical (unpaired) electrons. The van der Waals surface area contributed by atoms with E-state index in [1.165, 1.54) is 12.1 Å². The number of hydrogen-bond acceptors (Lipinski definition) is 3. The lowest BCUT2D eigenvalue weighted by Gasteiger charge is -2.01. The first kappa shape index (κ1) is 11.3. The minimum Gasteiger partial charge on any atom is -0.294 e. The van der Waals surface area contributed by atoms with Gasteiger partial charge in [-0.15, -0.1) is 0 Å². The second-order valence-electron chi connectivity index (χ2n) is 4.37. The van der Waals surface area contributed by atoms with E-state index < -0.39 is 9.84 Å². The Morgan fingerprint density at radius 1 is 1.25 bits per heavy atom. The Kier molecular flexibility index (Phi) is 2.84. The molecule has 3 nitrogen and oxygen atoms in total. The van der Waals surface area contributed by atoms with E-state index in [1.54, 1.807) is 12.1 Å². The summed E-state index contributed by atoms with van der Waals surface area (Å²) in [6, 6.07) is 6.19. The van der Waals surface area contributed by atoms with Crippen molar-refractivity contribution >= 4 is 15.6 Å². The monoisotopic (exact) mass is 238 g/mol. The average Bonchev–Trinajstić information content (AvgIpc) is 3.00. The quantitative estimate of drug-likeness (QED) is 0.754. The number of sulfone groups is 1. The highest BCUT2D eigenvalue weighted by Crippen LogP contribution is 2.33. The van der Waals surface area contributed by atoms with Crippen molar-refractivity contribution in [2.45, 2.75) is 24.2 Å². The summed E-state index contributed by atoms with van der Waals surface area (Å²) in [5, 5.41) is 0. The molecule has 0 saturated heterocycles. The highest BCUT2D eigenvalue weighted by atomic mass is 32.2. The summed E-state index contributed by atoms with van der Waals surface area (Å²) >= 11 is 0. The third-order valence-corrected chi connectivity index (χ3v) is 3.90. The molecule has 0 unspecified atom stereocenters. The van der Waals surface area contributed by atoms with Gasteiger partial charge in [0.1, 0.15) is 0 Å². The van der Waals surface area contributed by atoms with Crippen LogP contribution in [-0.4, -0.2) is 20.5 Å². The molecule has 0 heterocycles. The van der Waals surface area contributed by atoms with E-state index in [2.05, 4.69) is 0 Å². The first-order valence-corrected chi connectivity index (χ1v) is 7.19. The molecule has 1 aliphatic carbocycles. The summed E-state index contributed by atoms with van der Waals surface area (Å²) in [6.45, 7) is 0. The summed E-state index contributed by atoms with van der Waals surface area (Å²) in [7, 11) is -3.17. The van der Waals surface area contributed by atoms with Gasteiger partial charge < -0.3 is 0 Å². The van der Waals surface area contributed by atoms with E-state index >= 15 is 0 Å². The van der Waals surface area contributed by atoms with Gasteiger partial charge in [-0.1, -0.05) is 12.1 Å². The van der Waals surface area contributed by atoms with Crippen LogP contribution in [0.5, 0.6) is 0 Å². The number of carbonyl (C=O) groups excluding carboxylic acids is 1. The van der Waals surface area contributed by atoms with Crippen LogP contribution in [0, 0.1) is 5.92 Å². The predicted molar refractivity (Wildman–Crippen MR) is 61.2 cm³/mol. The maximum atomic E-state index is 11.7. The van der Waals surface area contributed by atoms with E-state index in [9.17, 15) is 13.2 Å². The van der Waals surface area contributed by atoms with Crippen molar-refractivity contribution < 1.29 is 13.2 Å². The Balaban J connectivity index is 2.15. The van der Waals surface area contributed by atoms with Crippen LogP contribution in [0.25, 0.3) is 0 Å². The van der Waals surface area contributed by atoms with Crippen molar-refractivity contribution in [1.29, 1.82) is 0 Å². The van der Waals surface area contributed by atoms with Gasteiger partial charge in [-0.05, 0) is 30.9 Å². The van der Waals surface area contributed by atoms with Gasteiger partial charge in [0.25, 0.3) is 0 Å². The fourth-order valence-corrected chi connectivity index (χ4v) is 2.22. The van der Waals surface area contributed by atoms with Gasteiger partial charge in [0.05, 0.1) is 4.90 Å². The lowest BCUT2D eigenvalue weighted by molar-refractivity contribution is 0.0976. The zero-order valence-electron chi connectivity index (χ0n) is 9.14. The maximum absolute atomic E-state index is 11.7. The molecule has 0 atom stereocenters. The molecular weight excluding hydrogens is 224 g/mol. The largest absolute Gasteiger partial charge is 0.294 e. The van der Waals surface area contributed by atoms with Gasteiger partial charge in [0.15, 0.2) is 15.6 Å². The summed E-state index contributed by atoms with van der Waals surface area (Å²) in [4.78, 5) is 12.0. The molecule has 1 aromatic rings. The van der Waals surface area contributed by atoms with Crippen molar-refractivity contribution in [2.75, 3.05) is 6.26 Å². The van der Waals surface area contributed by atoms with E-state index in [4.69, 9.17) is 0 Å². The van der Waals surface area contributed by atoms with Crippen molar-refractivity contribution in [1.82, 2.24) is 0 Å². The van der Waals surface area contributed by atoms with Crippen LogP contribution in [0.4, 0.5) is 0 Å². The number of rotatable bonds is 4. The summed E-state index contributed by atoms with van der Waals surface area (Å²) in [5.74, 6) is 0.671. The van der Waals surface area contributed by atoms with E-state index in [-0.39, 0.29) is 10.7 Å². The number of hydrogen-bond donors (Lipinski definition) is 0. The Labute approximate surface area is 95.4 Å². The molecule has 1 fully saturated rings. The van der Waals surface area contributed by atoms with Gasteiger partial charge in [-0.3, -0.25) is 4.79 Å². The van der Waals surface area contributed by atoms with Crippen LogP contribution in [0.1, 0.15) is 29.6 Å². The lowest BCUT2D eigenvalue weighted by Crippen LogP contribution is -2.02. The fraction of sp³-hybridized carbons (Fsp3) is 0.417. The number of ketones is 1. The molecule has 1 aromatic carbocycles. The standard InChI is InChI=1S/C12H14O3S/c1-16(14,15)11-6-4-10(5-7-11)12(13)8-9-2-3-9/h4-7,9H,2-3,8H2,1H3. The highest BCUT2D eigenvalue weighted by Gasteiger charge is 2.24. The van der Waals surface area contributed by atoms with Gasteiger partial charge in [-0.25, -0.2) is 8.42 Å². The second-order valence-corrected chi connectivity index (χ2v) is 6.38. The van der Waals surface area contributed by atoms with Gasteiger partial charge >= 0.3 is 0 Å². The van der Waals surface area contributed by atoms with Crippen LogP contribution in [0.2, 0.25) is 0 Å². The SMILES string of the molecule is CS(=O)(=O)c1ccc(C(=O)CC2CC2)cc1. The first-order valence-electron chi connectivity index (χ1n) is 5.30. The van der Waals surface area contributed by atoms with Crippen molar-refractivity contribution in [3.63, 3.8) is 0 Å². The fourth-order valence-electron chi connectivity index (χ4n) is 1.59. The lowest BCUT2D eigenvalue weighted by atomic mass is 10.1. The van der Waals surface area contributed by atoms with Crippen molar-refractivity contribution in [3.8, 4) is 0 Å². The molecule has 0 amide bonds. The molecule has 0 aromatic heterocycles. The van der Waals surface area contributed by atoms with Crippen molar-refractivity contribution in [3.05, 3.63) is 29.8 Å². The molecule has 0 bridgehead atoms. The molecule has 0 spiro atoms. The number of benzene rings is 1. The van der Waals surface area contributed by atoms with Crippen LogP contribution < -0.4 is 0 Å².